The topological polar surface area (TPSA) is 77.6 Å². The lowest BCUT2D eigenvalue weighted by Crippen LogP contribution is -2.21. The lowest BCUT2D eigenvalue weighted by Gasteiger charge is -2.12. The van der Waals surface area contributed by atoms with Crippen LogP contribution in [0, 0.1) is 0 Å². The van der Waals surface area contributed by atoms with E-state index in [0.717, 1.165) is 104 Å². The summed E-state index contributed by atoms with van der Waals surface area (Å²) in [5.74, 6) is 2.58. The van der Waals surface area contributed by atoms with Crippen LogP contribution in [0.1, 0.15) is 31.5 Å². The maximum Gasteiger partial charge on any atom is 0.164 e. The van der Waals surface area contributed by atoms with Crippen LogP contribution in [0.15, 0.2) is 180 Å². The molecule has 11 rings (SSSR count). The molecule has 0 aliphatic heterocycles. The minimum Gasteiger partial charge on any atom is -0.456 e. The second-order valence-electron chi connectivity index (χ2n) is 15.5. The van der Waals surface area contributed by atoms with Crippen molar-refractivity contribution in [3.63, 3.8) is 0 Å². The van der Waals surface area contributed by atoms with Crippen molar-refractivity contribution < 1.29 is 4.42 Å². The second kappa shape index (κ2) is 15.7. The molecule has 3 heterocycles. The molecule has 61 heavy (non-hydrogen) atoms. The van der Waals surface area contributed by atoms with Crippen LogP contribution in [0.2, 0.25) is 0 Å². The normalized spacial score (nSPS) is 13.3. The Morgan fingerprint density at radius 1 is 0.361 bits per heavy atom. The molecule has 0 unspecified atom stereocenters. The summed E-state index contributed by atoms with van der Waals surface area (Å²) in [6.07, 6.45) is 15.0. The molecule has 9 aromatic rings. The number of hydrogen-bond acceptors (Lipinski definition) is 6. The molecular formula is C55H39N5O. The first-order valence-corrected chi connectivity index (χ1v) is 20.9. The fraction of sp³-hybridized carbons (Fsp3) is 0.0727. The Morgan fingerprint density at radius 3 is 1.61 bits per heavy atom. The van der Waals surface area contributed by atoms with Gasteiger partial charge in [-0.05, 0) is 84.3 Å². The molecule has 3 aromatic heterocycles. The molecule has 6 nitrogen and oxygen atoms in total. The lowest BCUT2D eigenvalue weighted by molar-refractivity contribution is 0.572. The molecule has 0 bridgehead atoms. The van der Waals surface area contributed by atoms with E-state index >= 15 is 0 Å². The molecule has 0 spiro atoms. The first-order valence-electron chi connectivity index (χ1n) is 20.9. The third-order valence-electron chi connectivity index (χ3n) is 11.4. The zero-order valence-corrected chi connectivity index (χ0v) is 33.4. The highest BCUT2D eigenvalue weighted by molar-refractivity contribution is 5.85. The van der Waals surface area contributed by atoms with Gasteiger partial charge < -0.3 is 4.42 Å². The van der Waals surface area contributed by atoms with E-state index in [0.29, 0.717) is 23.3 Å². The van der Waals surface area contributed by atoms with Gasteiger partial charge in [0.1, 0.15) is 11.0 Å². The number of hydrogen-bond donors (Lipinski definition) is 0. The Bertz CT molecular complexity index is 3290. The van der Waals surface area contributed by atoms with Gasteiger partial charge in [-0.1, -0.05) is 152 Å². The van der Waals surface area contributed by atoms with Crippen LogP contribution in [0.4, 0.5) is 0 Å². The van der Waals surface area contributed by atoms with Crippen LogP contribution in [0.25, 0.3) is 108 Å². The van der Waals surface area contributed by atoms with E-state index in [2.05, 4.69) is 164 Å². The average molecular weight is 786 g/mol. The molecule has 0 amide bonds. The van der Waals surface area contributed by atoms with E-state index in [-0.39, 0.29) is 0 Å². The highest BCUT2D eigenvalue weighted by Crippen LogP contribution is 2.33. The quantitative estimate of drug-likeness (QED) is 0.153. The average Bonchev–Trinajstić information content (AvgIpc) is 3.73. The zero-order valence-electron chi connectivity index (χ0n) is 33.4. The predicted molar refractivity (Wildman–Crippen MR) is 247 cm³/mol. The van der Waals surface area contributed by atoms with Crippen LogP contribution < -0.4 is 10.6 Å². The summed E-state index contributed by atoms with van der Waals surface area (Å²) in [4.78, 5) is 25.5. The third-order valence-corrected chi connectivity index (χ3v) is 11.4. The maximum absolute atomic E-state index is 6.33. The van der Waals surface area contributed by atoms with Gasteiger partial charge in [0.25, 0.3) is 0 Å². The number of benzene rings is 6. The molecular weight excluding hydrogens is 747 g/mol. The van der Waals surface area contributed by atoms with E-state index in [1.54, 1.807) is 0 Å². The van der Waals surface area contributed by atoms with E-state index < -0.39 is 0 Å². The first-order chi connectivity index (χ1) is 30.2. The Hall–Kier alpha value is -7.83. The fourth-order valence-electron chi connectivity index (χ4n) is 8.24. The van der Waals surface area contributed by atoms with Crippen molar-refractivity contribution in [3.8, 4) is 78.9 Å². The summed E-state index contributed by atoms with van der Waals surface area (Å²) < 4.78 is 6.33. The molecule has 2 aliphatic carbocycles. The van der Waals surface area contributed by atoms with Crippen molar-refractivity contribution in [1.82, 2.24) is 24.9 Å². The number of allylic oxidation sites excluding steroid dienone is 4. The molecule has 0 N–H and O–H groups in total. The van der Waals surface area contributed by atoms with Gasteiger partial charge >= 0.3 is 0 Å². The molecule has 2 aliphatic rings. The molecule has 290 valence electrons. The standard InChI is InChI=1S/C55H39N5O/c1-4-14-36(15-5-1)37-26-28-40(29-27-37)53-58-52(39-18-8-3-9-19-39)59-55(60-53)45-23-13-21-42(33-45)41-20-12-22-44(32-41)54-56-48(38-16-6-2-7-17-38)35-49(57-54)43-30-31-47-46-24-10-11-25-50(46)61-51(47)34-43/h1-2,4-8,12-35H,3,9-11H2. The van der Waals surface area contributed by atoms with Gasteiger partial charge in [0.15, 0.2) is 23.3 Å². The van der Waals surface area contributed by atoms with Crippen molar-refractivity contribution in [2.45, 2.75) is 25.7 Å². The molecule has 0 saturated carbocycles. The van der Waals surface area contributed by atoms with Gasteiger partial charge in [-0.2, -0.15) is 0 Å². The molecule has 6 aromatic carbocycles. The van der Waals surface area contributed by atoms with Crippen molar-refractivity contribution in [3.05, 3.63) is 192 Å². The summed E-state index contributed by atoms with van der Waals surface area (Å²) in [5.41, 5.74) is 13.7. The van der Waals surface area contributed by atoms with Crippen molar-refractivity contribution in [2.75, 3.05) is 0 Å². The molecule has 0 saturated heterocycles. The zero-order chi connectivity index (χ0) is 40.5. The number of fused-ring (bicyclic) bond motifs is 3. The summed E-state index contributed by atoms with van der Waals surface area (Å²) in [5, 5.41) is 2.32. The summed E-state index contributed by atoms with van der Waals surface area (Å²) in [7, 11) is 0. The van der Waals surface area contributed by atoms with Gasteiger partial charge in [-0.25, -0.2) is 24.9 Å². The largest absolute Gasteiger partial charge is 0.456 e. The Morgan fingerprint density at radius 2 is 0.902 bits per heavy atom. The van der Waals surface area contributed by atoms with Crippen molar-refractivity contribution >= 4 is 28.7 Å². The smallest absolute Gasteiger partial charge is 0.164 e. The maximum atomic E-state index is 6.33. The van der Waals surface area contributed by atoms with Gasteiger partial charge in [-0.15, -0.1) is 0 Å². The van der Waals surface area contributed by atoms with E-state index in [4.69, 9.17) is 29.3 Å². The van der Waals surface area contributed by atoms with Crippen LogP contribution in [-0.2, 0) is 0 Å². The highest BCUT2D eigenvalue weighted by atomic mass is 16.3. The van der Waals surface area contributed by atoms with Crippen LogP contribution in [-0.4, -0.2) is 24.9 Å². The third kappa shape index (κ3) is 7.29. The van der Waals surface area contributed by atoms with Crippen molar-refractivity contribution in [1.29, 1.82) is 0 Å². The van der Waals surface area contributed by atoms with Crippen LogP contribution in [0.3, 0.4) is 0 Å². The highest BCUT2D eigenvalue weighted by Gasteiger charge is 2.17. The Kier molecular flexibility index (Phi) is 9.36. The van der Waals surface area contributed by atoms with Gasteiger partial charge in [0, 0.05) is 44.0 Å². The Balaban J connectivity index is 0.973. The predicted octanol–water partition coefficient (Wildman–Crippen LogP) is 12.2. The van der Waals surface area contributed by atoms with Crippen molar-refractivity contribution in [2.24, 2.45) is 0 Å². The SMILES string of the molecule is C1=CC(c2nc(-c3ccc(-c4ccccc4)cc3)nc(-c3cccc(-c4cccc(-c5nc(-c6ccccc6)cc(-c6ccc7c8c(oc7c6)=CCCC=8)n5)c4)c3)n2)=CCC1. The van der Waals surface area contributed by atoms with Gasteiger partial charge in [-0.3, -0.25) is 0 Å². The monoisotopic (exact) mass is 785 g/mol. The second-order valence-corrected chi connectivity index (χ2v) is 15.5. The number of nitrogens with zero attached hydrogens (tertiary/aromatic N) is 5. The van der Waals surface area contributed by atoms with Gasteiger partial charge in [0.2, 0.25) is 0 Å². The first kappa shape index (κ1) is 36.3. The molecule has 6 heteroatoms. The summed E-state index contributed by atoms with van der Waals surface area (Å²) in [6, 6.07) is 54.5. The number of furan rings is 1. The van der Waals surface area contributed by atoms with E-state index in [9.17, 15) is 0 Å². The lowest BCUT2D eigenvalue weighted by atomic mass is 10.00. The minimum absolute atomic E-state index is 0.624. The summed E-state index contributed by atoms with van der Waals surface area (Å²) in [6.45, 7) is 0. The minimum atomic E-state index is 0.624. The number of aromatic nitrogens is 5. The molecule has 0 atom stereocenters. The summed E-state index contributed by atoms with van der Waals surface area (Å²) >= 11 is 0. The van der Waals surface area contributed by atoms with E-state index in [1.165, 1.54) is 10.8 Å². The number of rotatable bonds is 8. The molecule has 0 radical (unpaired) electrons. The van der Waals surface area contributed by atoms with Crippen LogP contribution >= 0.6 is 0 Å². The van der Waals surface area contributed by atoms with Crippen LogP contribution in [0.5, 0.6) is 0 Å². The van der Waals surface area contributed by atoms with Gasteiger partial charge in [0.05, 0.1) is 11.4 Å². The molecule has 0 fully saturated rings. The Labute approximate surface area is 353 Å². The van der Waals surface area contributed by atoms with E-state index in [1.807, 2.05) is 24.3 Å². The fourth-order valence-corrected chi connectivity index (χ4v) is 8.24.